The van der Waals surface area contributed by atoms with Crippen molar-refractivity contribution in [3.8, 4) is 0 Å². The molecule has 1 N–H and O–H groups in total. The van der Waals surface area contributed by atoms with E-state index in [9.17, 15) is 0 Å². The van der Waals surface area contributed by atoms with Crippen LogP contribution in [0, 0.1) is 5.92 Å². The summed E-state index contributed by atoms with van der Waals surface area (Å²) in [7, 11) is 0. The number of nitrogens with zero attached hydrogens (tertiary/aromatic N) is 1. The van der Waals surface area contributed by atoms with E-state index >= 15 is 0 Å². The van der Waals surface area contributed by atoms with Crippen molar-refractivity contribution >= 4 is 27.3 Å². The minimum atomic E-state index is 0.266. The van der Waals surface area contributed by atoms with Crippen molar-refractivity contribution in [3.05, 3.63) is 20.8 Å². The summed E-state index contributed by atoms with van der Waals surface area (Å²) >= 11 is 5.44. The lowest BCUT2D eigenvalue weighted by Gasteiger charge is -2.46. The van der Waals surface area contributed by atoms with Gasteiger partial charge in [0, 0.05) is 36.1 Å². The third-order valence-corrected chi connectivity index (χ3v) is 5.95. The molecule has 1 aromatic rings. The molecule has 0 radical (unpaired) electrons. The molecule has 1 aromatic heterocycles. The van der Waals surface area contributed by atoms with E-state index in [-0.39, 0.29) is 5.54 Å². The Kier molecular flexibility index (Phi) is 5.69. The molecule has 20 heavy (non-hydrogen) atoms. The molecule has 1 aliphatic heterocycles. The molecule has 0 aromatic carbocycles. The van der Waals surface area contributed by atoms with Gasteiger partial charge in [-0.3, -0.25) is 4.90 Å². The van der Waals surface area contributed by atoms with Crippen molar-refractivity contribution in [2.75, 3.05) is 13.1 Å². The Morgan fingerprint density at radius 1 is 1.50 bits per heavy atom. The first-order chi connectivity index (χ1) is 9.42. The van der Waals surface area contributed by atoms with Crippen LogP contribution >= 0.6 is 27.3 Å². The first-order valence-corrected chi connectivity index (χ1v) is 9.26. The molecular weight excluding hydrogens is 332 g/mol. The highest BCUT2D eigenvalue weighted by molar-refractivity contribution is 9.11. The van der Waals surface area contributed by atoms with Crippen molar-refractivity contribution in [1.82, 2.24) is 10.2 Å². The maximum atomic E-state index is 3.77. The van der Waals surface area contributed by atoms with Crippen LogP contribution in [0.15, 0.2) is 15.9 Å². The maximum absolute atomic E-state index is 3.77. The van der Waals surface area contributed by atoms with Crippen molar-refractivity contribution in [2.24, 2.45) is 5.92 Å². The summed E-state index contributed by atoms with van der Waals surface area (Å²) in [5.41, 5.74) is 0.266. The molecular formula is C16H27BrN2S. The molecule has 4 heteroatoms. The average Bonchev–Trinajstić information content (AvgIpc) is 2.78. The first kappa shape index (κ1) is 16.5. The predicted octanol–water partition coefficient (Wildman–Crippen LogP) is 4.50. The number of thiophene rings is 1. The largest absolute Gasteiger partial charge is 0.309 e. The van der Waals surface area contributed by atoms with Gasteiger partial charge in [0.2, 0.25) is 0 Å². The quantitative estimate of drug-likeness (QED) is 0.833. The van der Waals surface area contributed by atoms with E-state index in [1.165, 1.54) is 21.5 Å². The van der Waals surface area contributed by atoms with Crippen LogP contribution in [0.5, 0.6) is 0 Å². The van der Waals surface area contributed by atoms with Crippen LogP contribution in [-0.4, -0.2) is 29.6 Å². The molecule has 2 heterocycles. The van der Waals surface area contributed by atoms with Crippen molar-refractivity contribution < 1.29 is 0 Å². The third-order valence-electron chi connectivity index (χ3n) is 4.34. The molecule has 0 bridgehead atoms. The van der Waals surface area contributed by atoms with E-state index in [2.05, 4.69) is 66.0 Å². The van der Waals surface area contributed by atoms with Crippen LogP contribution in [0.25, 0.3) is 0 Å². The van der Waals surface area contributed by atoms with E-state index < -0.39 is 0 Å². The van der Waals surface area contributed by atoms with Gasteiger partial charge < -0.3 is 5.32 Å². The van der Waals surface area contributed by atoms with E-state index in [0.717, 1.165) is 25.6 Å². The van der Waals surface area contributed by atoms with Gasteiger partial charge >= 0.3 is 0 Å². The second-order valence-corrected chi connectivity index (χ2v) is 9.24. The van der Waals surface area contributed by atoms with Crippen molar-refractivity contribution in [2.45, 2.75) is 58.7 Å². The molecule has 0 saturated carbocycles. The summed E-state index contributed by atoms with van der Waals surface area (Å²) in [4.78, 5) is 4.16. The smallest absolute Gasteiger partial charge is 0.0701 e. The van der Waals surface area contributed by atoms with Crippen LogP contribution in [0.4, 0.5) is 0 Å². The fourth-order valence-electron chi connectivity index (χ4n) is 2.96. The zero-order valence-corrected chi connectivity index (χ0v) is 15.5. The van der Waals surface area contributed by atoms with Gasteiger partial charge in [-0.15, -0.1) is 11.3 Å². The van der Waals surface area contributed by atoms with Crippen LogP contribution in [0.1, 0.15) is 45.4 Å². The highest BCUT2D eigenvalue weighted by Crippen LogP contribution is 2.28. The Morgan fingerprint density at radius 3 is 2.80 bits per heavy atom. The summed E-state index contributed by atoms with van der Waals surface area (Å²) in [6.45, 7) is 12.7. The number of piperazine rings is 1. The number of rotatable bonds is 5. The van der Waals surface area contributed by atoms with Crippen molar-refractivity contribution in [1.29, 1.82) is 0 Å². The van der Waals surface area contributed by atoms with E-state index in [1.54, 1.807) is 0 Å². The van der Waals surface area contributed by atoms with Gasteiger partial charge in [0.15, 0.2) is 0 Å². The highest BCUT2D eigenvalue weighted by Gasteiger charge is 2.34. The average molecular weight is 359 g/mol. The molecule has 2 rings (SSSR count). The first-order valence-electron chi connectivity index (χ1n) is 7.65. The molecule has 0 aliphatic carbocycles. The molecule has 1 aliphatic rings. The van der Waals surface area contributed by atoms with E-state index in [0.29, 0.717) is 6.04 Å². The van der Waals surface area contributed by atoms with E-state index in [1.807, 2.05) is 11.3 Å². The van der Waals surface area contributed by atoms with Gasteiger partial charge in [-0.25, -0.2) is 0 Å². The predicted molar refractivity (Wildman–Crippen MR) is 92.4 cm³/mol. The minimum absolute atomic E-state index is 0.266. The molecule has 1 fully saturated rings. The monoisotopic (exact) mass is 358 g/mol. The lowest BCUT2D eigenvalue weighted by molar-refractivity contribution is 0.0673. The van der Waals surface area contributed by atoms with Crippen LogP contribution in [0.3, 0.4) is 0 Å². The second kappa shape index (κ2) is 6.91. The number of nitrogens with one attached hydrogen (secondary N) is 1. The summed E-state index contributed by atoms with van der Waals surface area (Å²) in [5, 5.41) is 3.77. The standard InChI is InChI=1S/C16H27BrN2S/c1-5-16(4)11-19(10-14-6-7-15(17)20-14)13(9-18-16)8-12(2)3/h6-7,12-13,18H,5,8-11H2,1-4H3. The fraction of sp³-hybridized carbons (Fsp3) is 0.750. The zero-order valence-electron chi connectivity index (χ0n) is 13.1. The van der Waals surface area contributed by atoms with Crippen LogP contribution in [-0.2, 0) is 6.54 Å². The number of hydrogen-bond acceptors (Lipinski definition) is 3. The Labute approximate surface area is 136 Å². The van der Waals surface area contributed by atoms with E-state index in [4.69, 9.17) is 0 Å². The minimum Gasteiger partial charge on any atom is -0.309 e. The molecule has 2 atom stereocenters. The topological polar surface area (TPSA) is 15.3 Å². The van der Waals surface area contributed by atoms with Crippen LogP contribution < -0.4 is 5.32 Å². The Balaban J connectivity index is 2.08. The Bertz CT molecular complexity index is 432. The SMILES string of the molecule is CCC1(C)CN(Cc2ccc(Br)s2)C(CC(C)C)CN1. The second-order valence-electron chi connectivity index (χ2n) is 6.69. The summed E-state index contributed by atoms with van der Waals surface area (Å²) in [6, 6.07) is 5.08. The number of hydrogen-bond donors (Lipinski definition) is 1. The fourth-order valence-corrected chi connectivity index (χ4v) is 4.47. The molecule has 114 valence electrons. The van der Waals surface area contributed by atoms with Gasteiger partial charge in [-0.1, -0.05) is 20.8 Å². The third kappa shape index (κ3) is 4.30. The normalized spacial score (nSPS) is 28.2. The Morgan fingerprint density at radius 2 is 2.25 bits per heavy atom. The number of halogens is 1. The lowest BCUT2D eigenvalue weighted by Crippen LogP contribution is -2.62. The van der Waals surface area contributed by atoms with Gasteiger partial charge in [0.1, 0.15) is 0 Å². The molecule has 0 amide bonds. The molecule has 2 unspecified atom stereocenters. The molecule has 2 nitrogen and oxygen atoms in total. The van der Waals surface area contributed by atoms with Gasteiger partial charge in [0.05, 0.1) is 3.79 Å². The summed E-state index contributed by atoms with van der Waals surface area (Å²) in [6.07, 6.45) is 2.46. The molecule has 1 saturated heterocycles. The summed E-state index contributed by atoms with van der Waals surface area (Å²) < 4.78 is 1.24. The van der Waals surface area contributed by atoms with Gasteiger partial charge in [-0.2, -0.15) is 0 Å². The van der Waals surface area contributed by atoms with Crippen molar-refractivity contribution in [3.63, 3.8) is 0 Å². The maximum Gasteiger partial charge on any atom is 0.0701 e. The zero-order chi connectivity index (χ0) is 14.8. The van der Waals surface area contributed by atoms with Gasteiger partial charge in [0.25, 0.3) is 0 Å². The lowest BCUT2D eigenvalue weighted by atomic mass is 9.90. The molecule has 0 spiro atoms. The highest BCUT2D eigenvalue weighted by atomic mass is 79.9. The Hall–Kier alpha value is 0.1000. The van der Waals surface area contributed by atoms with Gasteiger partial charge in [-0.05, 0) is 53.7 Å². The van der Waals surface area contributed by atoms with Crippen LogP contribution in [0.2, 0.25) is 0 Å². The summed E-state index contributed by atoms with van der Waals surface area (Å²) in [5.74, 6) is 0.755.